The van der Waals surface area contributed by atoms with Crippen LogP contribution in [0, 0.1) is 25.2 Å². The molecule has 2 aromatic carbocycles. The van der Waals surface area contributed by atoms with Gasteiger partial charge in [-0.05, 0) is 49.7 Å². The first-order valence-corrected chi connectivity index (χ1v) is 7.42. The zero-order valence-corrected chi connectivity index (χ0v) is 13.2. The number of nitriles is 1. The van der Waals surface area contributed by atoms with Crippen LogP contribution in [0.5, 0.6) is 5.75 Å². The van der Waals surface area contributed by atoms with Crippen molar-refractivity contribution < 1.29 is 4.74 Å². The van der Waals surface area contributed by atoms with Crippen molar-refractivity contribution in [3.63, 3.8) is 0 Å². The molecule has 0 saturated heterocycles. The fourth-order valence-corrected chi connectivity index (χ4v) is 2.47. The lowest BCUT2D eigenvalue weighted by Gasteiger charge is -2.09. The summed E-state index contributed by atoms with van der Waals surface area (Å²) >= 11 is 0. The van der Waals surface area contributed by atoms with Gasteiger partial charge in [-0.1, -0.05) is 24.3 Å². The van der Waals surface area contributed by atoms with Gasteiger partial charge in [0.1, 0.15) is 18.4 Å². The molecule has 0 saturated carbocycles. The highest BCUT2D eigenvalue weighted by Crippen LogP contribution is 2.19. The molecule has 0 unspecified atom stereocenters. The van der Waals surface area contributed by atoms with E-state index in [0.29, 0.717) is 17.9 Å². The van der Waals surface area contributed by atoms with E-state index in [2.05, 4.69) is 17.2 Å². The Hall–Kier alpha value is -3.06. The number of ether oxygens (including phenoxy) is 1. The number of hydrogen-bond acceptors (Lipinski definition) is 3. The lowest BCUT2D eigenvalue weighted by atomic mass is 10.2. The average molecular weight is 303 g/mol. The fourth-order valence-electron chi connectivity index (χ4n) is 2.47. The molecule has 0 atom stereocenters. The summed E-state index contributed by atoms with van der Waals surface area (Å²) in [7, 11) is 0. The summed E-state index contributed by atoms with van der Waals surface area (Å²) in [6, 6.07) is 19.5. The summed E-state index contributed by atoms with van der Waals surface area (Å²) in [4.78, 5) is 0. The Morgan fingerprint density at radius 3 is 2.48 bits per heavy atom. The molecule has 0 bridgehead atoms. The molecule has 0 amide bonds. The lowest BCUT2D eigenvalue weighted by molar-refractivity contribution is 0.305. The molecular weight excluding hydrogens is 286 g/mol. The number of nitrogens with zero attached hydrogens (tertiary/aromatic N) is 3. The molecule has 4 heteroatoms. The van der Waals surface area contributed by atoms with Gasteiger partial charge < -0.3 is 4.74 Å². The van der Waals surface area contributed by atoms with Crippen molar-refractivity contribution in [2.75, 3.05) is 0 Å². The van der Waals surface area contributed by atoms with Crippen molar-refractivity contribution in [3.8, 4) is 17.5 Å². The Morgan fingerprint density at radius 2 is 1.83 bits per heavy atom. The number of rotatable bonds is 4. The highest BCUT2D eigenvalue weighted by atomic mass is 16.5. The predicted molar refractivity (Wildman–Crippen MR) is 88.5 cm³/mol. The molecule has 0 aliphatic heterocycles. The normalized spacial score (nSPS) is 10.3. The Labute approximate surface area is 135 Å². The first kappa shape index (κ1) is 14.9. The molecule has 3 aromatic rings. The molecule has 3 rings (SSSR count). The van der Waals surface area contributed by atoms with E-state index in [9.17, 15) is 0 Å². The van der Waals surface area contributed by atoms with E-state index in [1.807, 2.05) is 61.0 Å². The molecule has 4 nitrogen and oxygen atoms in total. The second kappa shape index (κ2) is 6.37. The van der Waals surface area contributed by atoms with Gasteiger partial charge >= 0.3 is 0 Å². The minimum absolute atomic E-state index is 0.427. The molecule has 23 heavy (non-hydrogen) atoms. The van der Waals surface area contributed by atoms with E-state index >= 15 is 0 Å². The van der Waals surface area contributed by atoms with Crippen molar-refractivity contribution in [1.82, 2.24) is 9.78 Å². The van der Waals surface area contributed by atoms with E-state index in [4.69, 9.17) is 10.00 Å². The largest absolute Gasteiger partial charge is 0.488 e. The van der Waals surface area contributed by atoms with Crippen molar-refractivity contribution in [2.24, 2.45) is 0 Å². The maximum absolute atomic E-state index is 9.07. The minimum atomic E-state index is 0.427. The van der Waals surface area contributed by atoms with Gasteiger partial charge in [-0.3, -0.25) is 0 Å². The SMILES string of the molecule is Cc1cc(C)n(-c2ccc(COc3ccccc3C#N)cc2)n1. The van der Waals surface area contributed by atoms with Crippen LogP contribution in [0.3, 0.4) is 0 Å². The third-order valence-electron chi connectivity index (χ3n) is 3.59. The van der Waals surface area contributed by atoms with E-state index in [1.165, 1.54) is 0 Å². The number of para-hydroxylation sites is 1. The van der Waals surface area contributed by atoms with Gasteiger partial charge in [0.25, 0.3) is 0 Å². The van der Waals surface area contributed by atoms with E-state index in [-0.39, 0.29) is 0 Å². The van der Waals surface area contributed by atoms with Crippen LogP contribution < -0.4 is 4.74 Å². The molecule has 0 aliphatic rings. The summed E-state index contributed by atoms with van der Waals surface area (Å²) in [6.07, 6.45) is 0. The Bertz CT molecular complexity index is 857. The van der Waals surface area contributed by atoms with Crippen molar-refractivity contribution in [3.05, 3.63) is 77.1 Å². The number of benzene rings is 2. The third-order valence-corrected chi connectivity index (χ3v) is 3.59. The van der Waals surface area contributed by atoms with Crippen LogP contribution in [-0.4, -0.2) is 9.78 Å². The standard InChI is InChI=1S/C19H17N3O/c1-14-11-15(2)22(21-14)18-9-7-16(8-10-18)13-23-19-6-4-3-5-17(19)12-20/h3-11H,13H2,1-2H3. The molecular formula is C19H17N3O. The van der Waals surface area contributed by atoms with Crippen LogP contribution in [0.25, 0.3) is 5.69 Å². The highest BCUT2D eigenvalue weighted by Gasteiger charge is 2.05. The van der Waals surface area contributed by atoms with Crippen LogP contribution in [0.4, 0.5) is 0 Å². The number of hydrogen-bond donors (Lipinski definition) is 0. The average Bonchev–Trinajstić information content (AvgIpc) is 2.92. The first-order chi connectivity index (χ1) is 11.2. The molecule has 0 spiro atoms. The van der Waals surface area contributed by atoms with Gasteiger partial charge in [-0.15, -0.1) is 0 Å². The Balaban J connectivity index is 1.73. The van der Waals surface area contributed by atoms with Gasteiger partial charge in [0.2, 0.25) is 0 Å². The molecule has 1 heterocycles. The van der Waals surface area contributed by atoms with Crippen LogP contribution in [0.15, 0.2) is 54.6 Å². The second-order valence-corrected chi connectivity index (χ2v) is 5.40. The fraction of sp³-hybridized carbons (Fsp3) is 0.158. The van der Waals surface area contributed by atoms with Crippen LogP contribution in [-0.2, 0) is 6.61 Å². The minimum Gasteiger partial charge on any atom is -0.488 e. The van der Waals surface area contributed by atoms with E-state index in [1.54, 1.807) is 6.07 Å². The van der Waals surface area contributed by atoms with Crippen LogP contribution >= 0.6 is 0 Å². The first-order valence-electron chi connectivity index (χ1n) is 7.42. The molecule has 0 N–H and O–H groups in total. The number of aromatic nitrogens is 2. The van der Waals surface area contributed by atoms with Gasteiger partial charge in [0.15, 0.2) is 0 Å². The smallest absolute Gasteiger partial charge is 0.137 e. The van der Waals surface area contributed by atoms with Gasteiger partial charge in [-0.25, -0.2) is 4.68 Å². The Kier molecular flexibility index (Phi) is 4.11. The van der Waals surface area contributed by atoms with Crippen LogP contribution in [0.1, 0.15) is 22.5 Å². The molecule has 0 radical (unpaired) electrons. The number of aryl methyl sites for hydroxylation is 2. The zero-order chi connectivity index (χ0) is 16.2. The van der Waals surface area contributed by atoms with Gasteiger partial charge in [0, 0.05) is 5.69 Å². The summed E-state index contributed by atoms with van der Waals surface area (Å²) in [5.41, 5.74) is 4.73. The Morgan fingerprint density at radius 1 is 1.09 bits per heavy atom. The topological polar surface area (TPSA) is 50.8 Å². The monoisotopic (exact) mass is 303 g/mol. The summed E-state index contributed by atoms with van der Waals surface area (Å²) in [6.45, 7) is 4.45. The van der Waals surface area contributed by atoms with Crippen molar-refractivity contribution in [1.29, 1.82) is 5.26 Å². The lowest BCUT2D eigenvalue weighted by Crippen LogP contribution is -2.01. The van der Waals surface area contributed by atoms with Gasteiger partial charge in [-0.2, -0.15) is 10.4 Å². The van der Waals surface area contributed by atoms with Crippen molar-refractivity contribution >= 4 is 0 Å². The molecule has 0 aliphatic carbocycles. The molecule has 0 fully saturated rings. The quantitative estimate of drug-likeness (QED) is 0.733. The van der Waals surface area contributed by atoms with Gasteiger partial charge in [0.05, 0.1) is 16.9 Å². The van der Waals surface area contributed by atoms with E-state index < -0.39 is 0 Å². The third kappa shape index (κ3) is 3.24. The maximum atomic E-state index is 9.07. The summed E-state index contributed by atoms with van der Waals surface area (Å²) in [5, 5.41) is 13.5. The second-order valence-electron chi connectivity index (χ2n) is 5.40. The summed E-state index contributed by atoms with van der Waals surface area (Å²) in [5.74, 6) is 0.609. The predicted octanol–water partition coefficient (Wildman–Crippen LogP) is 3.94. The van der Waals surface area contributed by atoms with Crippen LogP contribution in [0.2, 0.25) is 0 Å². The molecule has 1 aromatic heterocycles. The zero-order valence-electron chi connectivity index (χ0n) is 13.2. The summed E-state index contributed by atoms with van der Waals surface area (Å²) < 4.78 is 7.66. The van der Waals surface area contributed by atoms with Crippen molar-refractivity contribution in [2.45, 2.75) is 20.5 Å². The maximum Gasteiger partial charge on any atom is 0.137 e. The molecule has 114 valence electrons. The highest BCUT2D eigenvalue weighted by molar-refractivity contribution is 5.43. The van der Waals surface area contributed by atoms with E-state index in [0.717, 1.165) is 22.6 Å².